The fourth-order valence-corrected chi connectivity index (χ4v) is 3.02. The van der Waals surface area contributed by atoms with Crippen LogP contribution in [0.15, 0.2) is 0 Å². The molecule has 1 N–H and O–H groups in total. The highest BCUT2D eigenvalue weighted by atomic mass is 32.1. The summed E-state index contributed by atoms with van der Waals surface area (Å²) in [6.07, 6.45) is 0. The van der Waals surface area contributed by atoms with Crippen LogP contribution in [0.1, 0.15) is 25.8 Å². The lowest BCUT2D eigenvalue weighted by molar-refractivity contribution is 0.0789. The lowest BCUT2D eigenvalue weighted by Crippen LogP contribution is -2.56. The summed E-state index contributed by atoms with van der Waals surface area (Å²) in [6, 6.07) is 0.827. The van der Waals surface area contributed by atoms with Gasteiger partial charge in [-0.25, -0.2) is 4.79 Å². The molecule has 2 heterocycles. The van der Waals surface area contributed by atoms with Crippen LogP contribution in [0.4, 0.5) is 9.93 Å². The SMILES string of the molecule is Cc1nnc(NC(=O)N2CCN(C(C)C)[C@@H](C)C2)s1. The number of nitrogens with one attached hydrogen (secondary N) is 1. The summed E-state index contributed by atoms with van der Waals surface area (Å²) in [5.74, 6) is 0. The highest BCUT2D eigenvalue weighted by molar-refractivity contribution is 7.15. The van der Waals surface area contributed by atoms with Crippen LogP contribution in [0.3, 0.4) is 0 Å². The van der Waals surface area contributed by atoms with E-state index in [-0.39, 0.29) is 6.03 Å². The number of anilines is 1. The van der Waals surface area contributed by atoms with E-state index in [1.807, 2.05) is 11.8 Å². The fourth-order valence-electron chi connectivity index (χ4n) is 2.44. The van der Waals surface area contributed by atoms with Crippen molar-refractivity contribution in [3.05, 3.63) is 5.01 Å². The molecule has 0 aromatic carbocycles. The number of aromatic nitrogens is 2. The molecule has 0 aliphatic carbocycles. The van der Waals surface area contributed by atoms with Crippen molar-refractivity contribution in [1.29, 1.82) is 0 Å². The monoisotopic (exact) mass is 283 g/mol. The molecule has 1 saturated heterocycles. The van der Waals surface area contributed by atoms with E-state index in [0.717, 1.165) is 24.6 Å². The fraction of sp³-hybridized carbons (Fsp3) is 0.750. The Hall–Kier alpha value is -1.21. The number of hydrogen-bond acceptors (Lipinski definition) is 5. The van der Waals surface area contributed by atoms with Crippen LogP contribution < -0.4 is 5.32 Å². The standard InChI is InChI=1S/C12H21N5OS/c1-8(2)17-6-5-16(7-9(17)3)12(18)13-11-15-14-10(4)19-11/h8-9H,5-7H2,1-4H3,(H,13,15,18)/t9-/m0/s1. The quantitative estimate of drug-likeness (QED) is 0.899. The maximum absolute atomic E-state index is 12.1. The van der Waals surface area contributed by atoms with Gasteiger partial charge in [-0.3, -0.25) is 10.2 Å². The van der Waals surface area contributed by atoms with Crippen LogP contribution in [-0.2, 0) is 0 Å². The zero-order valence-electron chi connectivity index (χ0n) is 11.9. The van der Waals surface area contributed by atoms with Gasteiger partial charge in [0.05, 0.1) is 0 Å². The van der Waals surface area contributed by atoms with E-state index in [0.29, 0.717) is 17.2 Å². The minimum absolute atomic E-state index is 0.0774. The van der Waals surface area contributed by atoms with Gasteiger partial charge in [0.2, 0.25) is 5.13 Å². The second-order valence-electron chi connectivity index (χ2n) is 5.18. The molecule has 1 fully saturated rings. The Bertz CT molecular complexity index is 447. The number of nitrogens with zero attached hydrogens (tertiary/aromatic N) is 4. The van der Waals surface area contributed by atoms with E-state index < -0.39 is 0 Å². The van der Waals surface area contributed by atoms with Gasteiger partial charge in [-0.05, 0) is 27.7 Å². The maximum Gasteiger partial charge on any atom is 0.323 e. The lowest BCUT2D eigenvalue weighted by atomic mass is 10.1. The Morgan fingerprint density at radius 2 is 2.16 bits per heavy atom. The molecule has 1 atom stereocenters. The van der Waals surface area contributed by atoms with Crippen LogP contribution in [0.2, 0.25) is 0 Å². The molecule has 0 saturated carbocycles. The largest absolute Gasteiger partial charge is 0.323 e. The van der Waals surface area contributed by atoms with Gasteiger partial charge in [-0.1, -0.05) is 11.3 Å². The van der Waals surface area contributed by atoms with E-state index in [4.69, 9.17) is 0 Å². The molecule has 106 valence electrons. The number of carbonyl (C=O) groups excluding carboxylic acids is 1. The van der Waals surface area contributed by atoms with Crippen molar-refractivity contribution < 1.29 is 4.79 Å². The first-order valence-corrected chi connectivity index (χ1v) is 7.41. The molecule has 2 rings (SSSR count). The Balaban J connectivity index is 1.91. The van der Waals surface area contributed by atoms with Gasteiger partial charge in [0.1, 0.15) is 5.01 Å². The van der Waals surface area contributed by atoms with Crippen molar-refractivity contribution in [1.82, 2.24) is 20.0 Å². The third kappa shape index (κ3) is 3.42. The van der Waals surface area contributed by atoms with Crippen molar-refractivity contribution >= 4 is 22.5 Å². The summed E-state index contributed by atoms with van der Waals surface area (Å²) < 4.78 is 0. The average molecular weight is 283 g/mol. The van der Waals surface area contributed by atoms with Crippen LogP contribution in [0.25, 0.3) is 0 Å². The van der Waals surface area contributed by atoms with E-state index in [1.54, 1.807) is 0 Å². The minimum atomic E-state index is -0.0774. The second kappa shape index (κ2) is 5.83. The zero-order chi connectivity index (χ0) is 14.0. The molecule has 2 amide bonds. The molecular weight excluding hydrogens is 262 g/mol. The molecule has 6 nitrogen and oxygen atoms in total. The molecule has 7 heteroatoms. The molecule has 1 aliphatic rings. The average Bonchev–Trinajstić information content (AvgIpc) is 2.74. The molecule has 1 aliphatic heterocycles. The van der Waals surface area contributed by atoms with Crippen molar-refractivity contribution in [3.63, 3.8) is 0 Å². The number of rotatable bonds is 2. The molecule has 0 unspecified atom stereocenters. The van der Waals surface area contributed by atoms with Gasteiger partial charge >= 0.3 is 6.03 Å². The number of amides is 2. The lowest BCUT2D eigenvalue weighted by Gasteiger charge is -2.41. The normalized spacial score (nSPS) is 20.9. The summed E-state index contributed by atoms with van der Waals surface area (Å²) in [7, 11) is 0. The van der Waals surface area contributed by atoms with Crippen molar-refractivity contribution in [2.45, 2.75) is 39.8 Å². The number of urea groups is 1. The number of carbonyl (C=O) groups is 1. The van der Waals surface area contributed by atoms with Gasteiger partial charge in [-0.2, -0.15) is 0 Å². The Kier molecular flexibility index (Phi) is 4.36. The highest BCUT2D eigenvalue weighted by Gasteiger charge is 2.28. The third-order valence-corrected chi connectivity index (χ3v) is 4.12. The summed E-state index contributed by atoms with van der Waals surface area (Å²) >= 11 is 1.40. The van der Waals surface area contributed by atoms with Gasteiger partial charge < -0.3 is 4.90 Å². The first kappa shape index (κ1) is 14.2. The van der Waals surface area contributed by atoms with Gasteiger partial charge in [0.15, 0.2) is 0 Å². The number of piperazine rings is 1. The van der Waals surface area contributed by atoms with Gasteiger partial charge in [-0.15, -0.1) is 10.2 Å². The zero-order valence-corrected chi connectivity index (χ0v) is 12.7. The van der Waals surface area contributed by atoms with E-state index >= 15 is 0 Å². The minimum Gasteiger partial charge on any atom is -0.322 e. The van der Waals surface area contributed by atoms with Gasteiger partial charge in [0.25, 0.3) is 0 Å². The predicted molar refractivity (Wildman–Crippen MR) is 76.5 cm³/mol. The predicted octanol–water partition coefficient (Wildman–Crippen LogP) is 1.79. The van der Waals surface area contributed by atoms with Crippen molar-refractivity contribution in [2.24, 2.45) is 0 Å². The number of hydrogen-bond donors (Lipinski definition) is 1. The van der Waals surface area contributed by atoms with Crippen LogP contribution >= 0.6 is 11.3 Å². The summed E-state index contributed by atoms with van der Waals surface area (Å²) in [5.41, 5.74) is 0. The first-order chi connectivity index (χ1) is 8.97. The van der Waals surface area contributed by atoms with E-state index in [2.05, 4.69) is 41.2 Å². The second-order valence-corrected chi connectivity index (χ2v) is 6.36. The van der Waals surface area contributed by atoms with Crippen LogP contribution in [0.5, 0.6) is 0 Å². The Morgan fingerprint density at radius 3 is 2.68 bits per heavy atom. The smallest absolute Gasteiger partial charge is 0.322 e. The topological polar surface area (TPSA) is 61.4 Å². The van der Waals surface area contributed by atoms with Gasteiger partial charge in [0, 0.05) is 31.7 Å². The maximum atomic E-state index is 12.1. The molecule has 1 aromatic rings. The molecule has 0 bridgehead atoms. The van der Waals surface area contributed by atoms with E-state index in [9.17, 15) is 4.79 Å². The molecule has 19 heavy (non-hydrogen) atoms. The highest BCUT2D eigenvalue weighted by Crippen LogP contribution is 2.17. The van der Waals surface area contributed by atoms with E-state index in [1.165, 1.54) is 11.3 Å². The number of aryl methyl sites for hydroxylation is 1. The van der Waals surface area contributed by atoms with Crippen LogP contribution in [-0.4, -0.2) is 57.7 Å². The molecule has 0 radical (unpaired) electrons. The van der Waals surface area contributed by atoms with Crippen LogP contribution in [0, 0.1) is 6.92 Å². The Labute approximate surface area is 117 Å². The molecule has 1 aromatic heterocycles. The van der Waals surface area contributed by atoms with Crippen molar-refractivity contribution in [3.8, 4) is 0 Å². The summed E-state index contributed by atoms with van der Waals surface area (Å²) in [6.45, 7) is 10.8. The Morgan fingerprint density at radius 1 is 1.42 bits per heavy atom. The first-order valence-electron chi connectivity index (χ1n) is 6.59. The third-order valence-electron chi connectivity index (χ3n) is 3.37. The van der Waals surface area contributed by atoms with Crippen molar-refractivity contribution in [2.75, 3.05) is 25.0 Å². The summed E-state index contributed by atoms with van der Waals surface area (Å²) in [5, 5.41) is 12.0. The summed E-state index contributed by atoms with van der Waals surface area (Å²) in [4.78, 5) is 16.4. The molecular formula is C12H21N5OS. The molecule has 0 spiro atoms.